The molecular formula is C29H34N2O5. The highest BCUT2D eigenvalue weighted by Gasteiger charge is 2.73. The van der Waals surface area contributed by atoms with Crippen LogP contribution in [0.15, 0.2) is 55.1 Å². The largest absolute Gasteiger partial charge is 0.504 e. The summed E-state index contributed by atoms with van der Waals surface area (Å²) in [6.45, 7) is 5.44. The van der Waals surface area contributed by atoms with Gasteiger partial charge < -0.3 is 24.6 Å². The molecule has 7 heteroatoms. The number of hydrogen-bond donors (Lipinski definition) is 2. The number of phenols is 1. The van der Waals surface area contributed by atoms with Gasteiger partial charge in [0.15, 0.2) is 17.6 Å². The molecule has 2 aliphatic carbocycles. The zero-order chi connectivity index (χ0) is 25.2. The van der Waals surface area contributed by atoms with Gasteiger partial charge in [0.25, 0.3) is 5.91 Å². The molecule has 6 atom stereocenters. The van der Waals surface area contributed by atoms with E-state index >= 15 is 0 Å². The molecule has 7 nitrogen and oxygen atoms in total. The third-order valence-corrected chi connectivity index (χ3v) is 9.31. The number of rotatable bonds is 6. The van der Waals surface area contributed by atoms with E-state index in [1.54, 1.807) is 18.1 Å². The van der Waals surface area contributed by atoms with Crippen LogP contribution in [0.25, 0.3) is 0 Å². The summed E-state index contributed by atoms with van der Waals surface area (Å²) in [7, 11) is 3.36. The predicted octanol–water partition coefficient (Wildman–Crippen LogP) is 2.95. The lowest BCUT2D eigenvalue weighted by Crippen LogP contribution is -2.78. The first-order chi connectivity index (χ1) is 17.4. The fourth-order valence-corrected chi connectivity index (χ4v) is 7.74. The molecule has 1 saturated carbocycles. The Kier molecular flexibility index (Phi) is 5.44. The number of hydrogen-bond acceptors (Lipinski definition) is 6. The highest BCUT2D eigenvalue weighted by Crippen LogP contribution is 2.65. The van der Waals surface area contributed by atoms with E-state index in [4.69, 9.17) is 9.47 Å². The first-order valence-corrected chi connectivity index (χ1v) is 12.8. The summed E-state index contributed by atoms with van der Waals surface area (Å²) in [5.41, 5.74) is 1.15. The average Bonchev–Trinajstić information content (AvgIpc) is 3.24. The summed E-state index contributed by atoms with van der Waals surface area (Å²) in [6, 6.07) is 12.8. The molecule has 0 aromatic heterocycles. The van der Waals surface area contributed by atoms with Crippen molar-refractivity contribution < 1.29 is 24.5 Å². The van der Waals surface area contributed by atoms with Crippen molar-refractivity contribution in [2.75, 3.05) is 27.2 Å². The number of methoxy groups -OCH3 is 1. The van der Waals surface area contributed by atoms with Crippen molar-refractivity contribution in [3.63, 3.8) is 0 Å². The fraction of sp³-hybridized carbons (Fsp3) is 0.483. The molecule has 0 unspecified atom stereocenters. The molecule has 0 radical (unpaired) electrons. The van der Waals surface area contributed by atoms with Gasteiger partial charge in [0.1, 0.15) is 6.10 Å². The van der Waals surface area contributed by atoms with Crippen LogP contribution < -0.4 is 4.74 Å². The third kappa shape index (κ3) is 2.93. The normalized spacial score (nSPS) is 32.8. The maximum atomic E-state index is 13.8. The molecular weight excluding hydrogens is 456 g/mol. The summed E-state index contributed by atoms with van der Waals surface area (Å²) in [5.74, 6) is 0.431. The van der Waals surface area contributed by atoms with Crippen LogP contribution >= 0.6 is 0 Å². The lowest BCUT2D eigenvalue weighted by atomic mass is 9.48. The van der Waals surface area contributed by atoms with E-state index in [9.17, 15) is 15.0 Å². The van der Waals surface area contributed by atoms with Crippen LogP contribution in [0.3, 0.4) is 0 Å². The summed E-state index contributed by atoms with van der Waals surface area (Å²) in [5, 5.41) is 23.3. The van der Waals surface area contributed by atoms with Gasteiger partial charge in [-0.1, -0.05) is 42.5 Å². The van der Waals surface area contributed by atoms with E-state index in [-0.39, 0.29) is 23.7 Å². The minimum atomic E-state index is -1.02. The Morgan fingerprint density at radius 3 is 2.81 bits per heavy atom. The summed E-state index contributed by atoms with van der Waals surface area (Å²) >= 11 is 0. The van der Waals surface area contributed by atoms with E-state index < -0.39 is 23.2 Å². The number of likely N-dealkylation sites (N-methyl/N-ethyl adjacent to an activating group) is 1. The van der Waals surface area contributed by atoms with Crippen LogP contribution in [0.2, 0.25) is 0 Å². The van der Waals surface area contributed by atoms with E-state index in [1.807, 2.05) is 49.5 Å². The zero-order valence-corrected chi connectivity index (χ0v) is 20.9. The first kappa shape index (κ1) is 23.5. The number of carbonyl (C=O) groups is 1. The predicted molar refractivity (Wildman–Crippen MR) is 135 cm³/mol. The van der Waals surface area contributed by atoms with E-state index in [2.05, 4.69) is 11.5 Å². The van der Waals surface area contributed by atoms with Crippen LogP contribution in [-0.2, 0) is 21.4 Å². The number of piperidine rings is 1. The van der Waals surface area contributed by atoms with Crippen molar-refractivity contribution in [2.24, 2.45) is 0 Å². The molecule has 2 fully saturated rings. The summed E-state index contributed by atoms with van der Waals surface area (Å²) < 4.78 is 12.2. The maximum absolute atomic E-state index is 13.8. The van der Waals surface area contributed by atoms with Gasteiger partial charge in [0.2, 0.25) is 0 Å². The van der Waals surface area contributed by atoms with Gasteiger partial charge in [-0.15, -0.1) is 6.58 Å². The quantitative estimate of drug-likeness (QED) is 0.606. The van der Waals surface area contributed by atoms with E-state index in [0.717, 1.165) is 23.2 Å². The first-order valence-electron chi connectivity index (χ1n) is 12.8. The molecule has 2 aliphatic heterocycles. The van der Waals surface area contributed by atoms with Crippen molar-refractivity contribution in [3.8, 4) is 11.5 Å². The van der Waals surface area contributed by atoms with Crippen molar-refractivity contribution in [2.45, 2.75) is 61.0 Å². The van der Waals surface area contributed by atoms with Gasteiger partial charge in [0.05, 0.1) is 17.1 Å². The van der Waals surface area contributed by atoms with Crippen molar-refractivity contribution in [3.05, 3.63) is 71.8 Å². The van der Waals surface area contributed by atoms with Crippen molar-refractivity contribution in [1.82, 2.24) is 9.80 Å². The maximum Gasteiger partial charge on any atom is 0.256 e. The molecule has 190 valence electrons. The molecule has 2 aromatic carbocycles. The summed E-state index contributed by atoms with van der Waals surface area (Å²) in [6.07, 6.45) is 3.24. The molecule has 36 heavy (non-hydrogen) atoms. The minimum Gasteiger partial charge on any atom is -0.504 e. The van der Waals surface area contributed by atoms with Gasteiger partial charge in [-0.2, -0.15) is 0 Å². The number of aromatic hydroxyl groups is 1. The average molecular weight is 491 g/mol. The molecule has 2 aromatic rings. The highest BCUT2D eigenvalue weighted by molar-refractivity contribution is 5.82. The molecule has 1 saturated heterocycles. The van der Waals surface area contributed by atoms with Gasteiger partial charge in [-0.3, -0.25) is 9.69 Å². The Labute approximate surface area is 211 Å². The Hall–Kier alpha value is -2.87. The second kappa shape index (κ2) is 8.33. The Morgan fingerprint density at radius 1 is 1.31 bits per heavy atom. The number of likely N-dealkylation sites (tertiary alicyclic amines) is 1. The molecule has 1 spiro atoms. The lowest BCUT2D eigenvalue weighted by molar-refractivity contribution is -0.200. The molecule has 2 N–H and O–H groups in total. The van der Waals surface area contributed by atoms with Gasteiger partial charge >= 0.3 is 0 Å². The zero-order valence-electron chi connectivity index (χ0n) is 20.9. The van der Waals surface area contributed by atoms with Gasteiger partial charge in [-0.25, -0.2) is 0 Å². The van der Waals surface area contributed by atoms with Crippen molar-refractivity contribution >= 4 is 5.91 Å². The molecule has 2 bridgehead atoms. The number of phenolic OH excluding ortho intramolecular Hbond substituents is 1. The SMILES string of the molecule is C=CCN1CC[C@]23c4c5ccc(O)c4O[C@H]2[C@H](N(C)C(=O)[C@H](OC)c2ccccc2)CC[C@@]3(O)[C@H]1C5. The third-order valence-electron chi connectivity index (χ3n) is 9.31. The number of ether oxygens (including phenoxy) is 2. The number of benzene rings is 2. The molecule has 2 heterocycles. The fourth-order valence-electron chi connectivity index (χ4n) is 7.74. The standard InChI is InChI=1S/C29H34N2O5/c1-4-15-31-16-14-28-23-19-10-11-21(32)25(23)36-26(28)20(12-13-29(28,34)22(31)17-19)30(2)27(33)24(35-3)18-8-6-5-7-9-18/h4-11,20,22,24,26,32,34H,1,12-17H2,2-3H3/t20-,22-,24-,26+,28+,29-/m1/s1. The molecule has 6 rings (SSSR count). The number of carbonyl (C=O) groups excluding carboxylic acids is 1. The highest BCUT2D eigenvalue weighted by atomic mass is 16.5. The van der Waals surface area contributed by atoms with Crippen LogP contribution in [0.5, 0.6) is 11.5 Å². The Morgan fingerprint density at radius 2 is 2.08 bits per heavy atom. The lowest BCUT2D eigenvalue weighted by Gasteiger charge is -2.64. The second-order valence-corrected chi connectivity index (χ2v) is 10.7. The number of nitrogens with zero attached hydrogens (tertiary/aromatic N) is 2. The van der Waals surface area contributed by atoms with Crippen LogP contribution in [-0.4, -0.2) is 77.0 Å². The van der Waals surface area contributed by atoms with Gasteiger partial charge in [0, 0.05) is 32.3 Å². The molecule has 1 amide bonds. The molecule has 4 aliphatic rings. The van der Waals surface area contributed by atoms with E-state index in [0.29, 0.717) is 38.0 Å². The summed E-state index contributed by atoms with van der Waals surface area (Å²) in [4.78, 5) is 17.8. The minimum absolute atomic E-state index is 0.0728. The van der Waals surface area contributed by atoms with Crippen LogP contribution in [0.1, 0.15) is 42.1 Å². The topological polar surface area (TPSA) is 82.5 Å². The Balaban J connectivity index is 1.42. The van der Waals surface area contributed by atoms with Crippen LogP contribution in [0.4, 0.5) is 0 Å². The second-order valence-electron chi connectivity index (χ2n) is 10.7. The van der Waals surface area contributed by atoms with Crippen LogP contribution in [0, 0.1) is 0 Å². The number of aliphatic hydroxyl groups is 1. The monoisotopic (exact) mass is 490 g/mol. The smallest absolute Gasteiger partial charge is 0.256 e. The number of amides is 1. The van der Waals surface area contributed by atoms with Gasteiger partial charge in [-0.05, 0) is 49.4 Å². The van der Waals surface area contributed by atoms with Crippen molar-refractivity contribution in [1.29, 1.82) is 0 Å². The Bertz CT molecular complexity index is 1200. The van der Waals surface area contributed by atoms with E-state index in [1.165, 1.54) is 0 Å².